The number of halogens is 1. The predicted octanol–water partition coefficient (Wildman–Crippen LogP) is 4.96. The first kappa shape index (κ1) is 22.1. The molecule has 30 heavy (non-hydrogen) atoms. The fourth-order valence-electron chi connectivity index (χ4n) is 3.52. The third kappa shape index (κ3) is 4.03. The molecular formula is C22H24ClN5OS. The average molecular weight is 442 g/mol. The van der Waals surface area contributed by atoms with E-state index in [0.717, 1.165) is 25.9 Å². The topological polar surface area (TPSA) is 74.8 Å². The third-order valence-corrected chi connectivity index (χ3v) is 5.74. The summed E-state index contributed by atoms with van der Waals surface area (Å²) < 4.78 is 1.61. The van der Waals surface area contributed by atoms with E-state index >= 15 is 0 Å². The van der Waals surface area contributed by atoms with Crippen molar-refractivity contribution in [3.05, 3.63) is 50.9 Å². The predicted molar refractivity (Wildman–Crippen MR) is 124 cm³/mol. The molecule has 0 aliphatic carbocycles. The molecule has 0 amide bonds. The summed E-state index contributed by atoms with van der Waals surface area (Å²) in [5.41, 5.74) is 1.77. The first-order valence-corrected chi connectivity index (χ1v) is 11.5. The lowest BCUT2D eigenvalue weighted by atomic mass is 10.1. The number of hydrogen-bond acceptors (Lipinski definition) is 6. The van der Waals surface area contributed by atoms with Gasteiger partial charge in [0.05, 0.1) is 16.8 Å². The van der Waals surface area contributed by atoms with E-state index in [1.54, 1.807) is 35.8 Å². The molecule has 0 aliphatic rings. The SMILES string of the molecule is CCCN(CCC)c1nc2c(C#N)c(SC)nc(C)c2c(=O)n1-c1ccc(Cl)cc1. The molecule has 0 bridgehead atoms. The van der Waals surface area contributed by atoms with Crippen molar-refractivity contribution >= 4 is 40.2 Å². The number of fused-ring (bicyclic) bond motifs is 1. The van der Waals surface area contributed by atoms with Gasteiger partial charge in [-0.3, -0.25) is 4.79 Å². The van der Waals surface area contributed by atoms with Gasteiger partial charge in [-0.15, -0.1) is 11.8 Å². The van der Waals surface area contributed by atoms with Crippen LogP contribution in [0.2, 0.25) is 5.02 Å². The molecule has 156 valence electrons. The summed E-state index contributed by atoms with van der Waals surface area (Å²) in [6, 6.07) is 9.33. The summed E-state index contributed by atoms with van der Waals surface area (Å²) in [5, 5.41) is 11.4. The Balaban J connectivity index is 2.48. The van der Waals surface area contributed by atoms with Crippen LogP contribution in [0.25, 0.3) is 16.6 Å². The fourth-order valence-corrected chi connectivity index (χ4v) is 4.22. The summed E-state index contributed by atoms with van der Waals surface area (Å²) in [6.07, 6.45) is 3.68. The number of thioether (sulfide) groups is 1. The van der Waals surface area contributed by atoms with Gasteiger partial charge in [-0.05, 0) is 50.3 Å². The Morgan fingerprint density at radius 2 is 1.80 bits per heavy atom. The number of hydrogen-bond donors (Lipinski definition) is 0. The normalized spacial score (nSPS) is 10.9. The molecule has 0 aliphatic heterocycles. The molecule has 3 rings (SSSR count). The number of pyridine rings is 1. The van der Waals surface area contributed by atoms with Crippen LogP contribution in [-0.2, 0) is 0 Å². The van der Waals surface area contributed by atoms with Crippen molar-refractivity contribution in [2.24, 2.45) is 0 Å². The van der Waals surface area contributed by atoms with Crippen LogP contribution in [0.1, 0.15) is 37.9 Å². The van der Waals surface area contributed by atoms with Crippen LogP contribution in [0, 0.1) is 18.3 Å². The van der Waals surface area contributed by atoms with Crippen LogP contribution < -0.4 is 10.5 Å². The van der Waals surface area contributed by atoms with E-state index in [1.165, 1.54) is 11.8 Å². The Kier molecular flexibility index (Phi) is 7.01. The smallest absolute Gasteiger partial charge is 0.269 e. The molecule has 0 atom stereocenters. The highest BCUT2D eigenvalue weighted by molar-refractivity contribution is 7.98. The summed E-state index contributed by atoms with van der Waals surface area (Å²) in [5.74, 6) is 0.535. The molecular weight excluding hydrogens is 418 g/mol. The second-order valence-corrected chi connectivity index (χ2v) is 8.16. The largest absolute Gasteiger partial charge is 0.342 e. The maximum Gasteiger partial charge on any atom is 0.269 e. The van der Waals surface area contributed by atoms with Gasteiger partial charge < -0.3 is 4.90 Å². The highest BCUT2D eigenvalue weighted by atomic mass is 35.5. The first-order valence-electron chi connectivity index (χ1n) is 9.89. The van der Waals surface area contributed by atoms with E-state index in [0.29, 0.717) is 43.8 Å². The van der Waals surface area contributed by atoms with Crippen LogP contribution in [0.4, 0.5) is 5.95 Å². The van der Waals surface area contributed by atoms with Gasteiger partial charge in [0.25, 0.3) is 5.56 Å². The van der Waals surface area contributed by atoms with Crippen LogP contribution >= 0.6 is 23.4 Å². The number of rotatable bonds is 7. The molecule has 8 heteroatoms. The van der Waals surface area contributed by atoms with E-state index in [1.807, 2.05) is 6.26 Å². The second-order valence-electron chi connectivity index (χ2n) is 6.93. The number of aryl methyl sites for hydroxylation is 1. The van der Waals surface area contributed by atoms with Gasteiger partial charge in [-0.2, -0.15) is 5.26 Å². The quantitative estimate of drug-likeness (QED) is 0.482. The Morgan fingerprint density at radius 3 is 2.33 bits per heavy atom. The van der Waals surface area contributed by atoms with Gasteiger partial charge in [-0.25, -0.2) is 14.5 Å². The number of nitriles is 1. The van der Waals surface area contributed by atoms with Crippen molar-refractivity contribution in [2.45, 2.75) is 38.6 Å². The number of nitrogens with zero attached hydrogens (tertiary/aromatic N) is 5. The number of aromatic nitrogens is 3. The highest BCUT2D eigenvalue weighted by Gasteiger charge is 2.23. The van der Waals surface area contributed by atoms with Crippen molar-refractivity contribution in [1.82, 2.24) is 14.5 Å². The van der Waals surface area contributed by atoms with Crippen molar-refractivity contribution in [2.75, 3.05) is 24.2 Å². The molecule has 1 aromatic carbocycles. The van der Waals surface area contributed by atoms with Gasteiger partial charge in [0.1, 0.15) is 22.2 Å². The minimum atomic E-state index is -0.233. The zero-order valence-corrected chi connectivity index (χ0v) is 19.1. The lowest BCUT2D eigenvalue weighted by molar-refractivity contribution is 0.705. The van der Waals surface area contributed by atoms with E-state index in [2.05, 4.69) is 29.8 Å². The first-order chi connectivity index (χ1) is 14.5. The average Bonchev–Trinajstić information content (AvgIpc) is 2.73. The summed E-state index contributed by atoms with van der Waals surface area (Å²) in [7, 11) is 0. The van der Waals surface area contributed by atoms with Gasteiger partial charge >= 0.3 is 0 Å². The van der Waals surface area contributed by atoms with Crippen LogP contribution in [0.5, 0.6) is 0 Å². The Bertz CT molecular complexity index is 1160. The van der Waals surface area contributed by atoms with Gasteiger partial charge in [0.2, 0.25) is 5.95 Å². The zero-order chi connectivity index (χ0) is 21.8. The Hall–Kier alpha value is -2.56. The molecule has 0 unspecified atom stereocenters. The highest BCUT2D eigenvalue weighted by Crippen LogP contribution is 2.28. The van der Waals surface area contributed by atoms with Crippen LogP contribution in [0.15, 0.2) is 34.1 Å². The molecule has 3 aromatic rings. The van der Waals surface area contributed by atoms with Crippen molar-refractivity contribution in [3.63, 3.8) is 0 Å². The van der Waals surface area contributed by atoms with E-state index in [4.69, 9.17) is 16.6 Å². The third-order valence-electron chi connectivity index (χ3n) is 4.81. The van der Waals surface area contributed by atoms with Crippen LogP contribution in [0.3, 0.4) is 0 Å². The molecule has 2 aromatic heterocycles. The van der Waals surface area contributed by atoms with Gasteiger partial charge in [0, 0.05) is 18.1 Å². The minimum absolute atomic E-state index is 0.233. The van der Waals surface area contributed by atoms with Crippen molar-refractivity contribution < 1.29 is 0 Å². The number of anilines is 1. The van der Waals surface area contributed by atoms with Crippen molar-refractivity contribution in [1.29, 1.82) is 5.26 Å². The van der Waals surface area contributed by atoms with Gasteiger partial charge in [-0.1, -0.05) is 25.4 Å². The summed E-state index contributed by atoms with van der Waals surface area (Å²) >= 11 is 7.45. The van der Waals surface area contributed by atoms with E-state index in [9.17, 15) is 10.1 Å². The molecule has 0 spiro atoms. The van der Waals surface area contributed by atoms with Crippen LogP contribution in [-0.4, -0.2) is 33.9 Å². The maximum atomic E-state index is 13.7. The maximum absolute atomic E-state index is 13.7. The lowest BCUT2D eigenvalue weighted by Crippen LogP contribution is -2.34. The minimum Gasteiger partial charge on any atom is -0.342 e. The molecule has 0 fully saturated rings. The molecule has 0 radical (unpaired) electrons. The molecule has 6 nitrogen and oxygen atoms in total. The lowest BCUT2D eigenvalue weighted by Gasteiger charge is -2.26. The monoisotopic (exact) mass is 441 g/mol. The molecule has 2 heterocycles. The molecule has 0 saturated heterocycles. The Morgan fingerprint density at radius 1 is 1.17 bits per heavy atom. The van der Waals surface area contributed by atoms with E-state index in [-0.39, 0.29) is 5.56 Å². The standard InChI is InChI=1S/C22H24ClN5OS/c1-5-11-27(12-6-2)22-26-19-17(13-24)20(30-4)25-14(3)18(19)21(29)28(22)16-9-7-15(23)8-10-16/h7-10H,5-6,11-12H2,1-4H3. The second kappa shape index (κ2) is 9.50. The summed E-state index contributed by atoms with van der Waals surface area (Å²) in [6.45, 7) is 7.47. The molecule has 0 saturated carbocycles. The Labute approximate surface area is 185 Å². The van der Waals surface area contributed by atoms with E-state index < -0.39 is 0 Å². The zero-order valence-electron chi connectivity index (χ0n) is 17.6. The van der Waals surface area contributed by atoms with Gasteiger partial charge in [0.15, 0.2) is 0 Å². The fraction of sp³-hybridized carbons (Fsp3) is 0.364. The van der Waals surface area contributed by atoms with Crippen molar-refractivity contribution in [3.8, 4) is 11.8 Å². The number of benzene rings is 1. The molecule has 0 N–H and O–H groups in total. The summed E-state index contributed by atoms with van der Waals surface area (Å²) in [4.78, 5) is 25.2.